The Morgan fingerprint density at radius 2 is 2.00 bits per heavy atom. The zero-order valence-corrected chi connectivity index (χ0v) is 10.00. The van der Waals surface area contributed by atoms with Gasteiger partial charge in [0.25, 0.3) is 0 Å². The van der Waals surface area contributed by atoms with E-state index in [0.717, 1.165) is 17.3 Å². The van der Waals surface area contributed by atoms with Gasteiger partial charge in [-0.05, 0) is 19.1 Å². The van der Waals surface area contributed by atoms with E-state index in [1.807, 2.05) is 41.8 Å². The number of aryl methyl sites for hydroxylation is 1. The molecule has 0 radical (unpaired) electrons. The van der Waals surface area contributed by atoms with Crippen molar-refractivity contribution in [2.75, 3.05) is 13.7 Å². The summed E-state index contributed by atoms with van der Waals surface area (Å²) in [4.78, 5) is 0. The lowest BCUT2D eigenvalue weighted by Gasteiger charge is -2.13. The highest BCUT2D eigenvalue weighted by Crippen LogP contribution is 2.16. The number of para-hydroxylation sites is 1. The maximum Gasteiger partial charge on any atom is 0.156 e. The normalized spacial score (nSPS) is 12.6. The van der Waals surface area contributed by atoms with E-state index in [2.05, 4.69) is 10.2 Å². The molecule has 2 aromatic rings. The minimum atomic E-state index is -0.276. The van der Waals surface area contributed by atoms with Crippen molar-refractivity contribution >= 4 is 0 Å². The van der Waals surface area contributed by atoms with Crippen LogP contribution in [0.4, 0.5) is 0 Å². The molecule has 0 bridgehead atoms. The van der Waals surface area contributed by atoms with Gasteiger partial charge in [-0.3, -0.25) is 4.57 Å². The number of rotatable bonds is 4. The molecule has 0 aliphatic carbocycles. The Morgan fingerprint density at radius 3 is 2.65 bits per heavy atom. The number of hydrogen-bond acceptors (Lipinski definition) is 4. The number of ether oxygens (including phenoxy) is 1. The molecule has 90 valence electrons. The number of hydrogen-bond donors (Lipinski definition) is 1. The summed E-state index contributed by atoms with van der Waals surface area (Å²) < 4.78 is 7.00. The van der Waals surface area contributed by atoms with Crippen molar-refractivity contribution < 1.29 is 4.74 Å². The van der Waals surface area contributed by atoms with Crippen molar-refractivity contribution in [3.63, 3.8) is 0 Å². The average Bonchev–Trinajstić information content (AvgIpc) is 2.73. The molecule has 5 nitrogen and oxygen atoms in total. The first-order valence-corrected chi connectivity index (χ1v) is 5.46. The first-order chi connectivity index (χ1) is 8.24. The zero-order chi connectivity index (χ0) is 12.3. The number of methoxy groups -OCH3 is 1. The van der Waals surface area contributed by atoms with Gasteiger partial charge in [-0.1, -0.05) is 18.2 Å². The molecule has 1 aromatic heterocycles. The van der Waals surface area contributed by atoms with Crippen LogP contribution in [0.15, 0.2) is 30.3 Å². The molecule has 0 aliphatic rings. The van der Waals surface area contributed by atoms with E-state index in [0.29, 0.717) is 6.61 Å². The van der Waals surface area contributed by atoms with E-state index >= 15 is 0 Å². The SMILES string of the molecule is COCC(N)c1nnc(C)n1-c1ccccc1. The van der Waals surface area contributed by atoms with E-state index in [1.165, 1.54) is 0 Å². The molecule has 0 spiro atoms. The topological polar surface area (TPSA) is 66.0 Å². The predicted octanol–water partition coefficient (Wildman–Crippen LogP) is 1.22. The molecular weight excluding hydrogens is 216 g/mol. The molecule has 0 saturated carbocycles. The highest BCUT2D eigenvalue weighted by Gasteiger charge is 2.17. The summed E-state index contributed by atoms with van der Waals surface area (Å²) in [6, 6.07) is 9.64. The maximum absolute atomic E-state index is 6.01. The third kappa shape index (κ3) is 2.35. The van der Waals surface area contributed by atoms with Gasteiger partial charge < -0.3 is 10.5 Å². The Morgan fingerprint density at radius 1 is 1.29 bits per heavy atom. The maximum atomic E-state index is 6.01. The first kappa shape index (κ1) is 11.8. The Kier molecular flexibility index (Phi) is 3.51. The monoisotopic (exact) mass is 232 g/mol. The van der Waals surface area contributed by atoms with E-state index in [1.54, 1.807) is 7.11 Å². The van der Waals surface area contributed by atoms with Crippen molar-refractivity contribution in [3.8, 4) is 5.69 Å². The second-order valence-electron chi connectivity index (χ2n) is 3.84. The van der Waals surface area contributed by atoms with Crippen molar-refractivity contribution in [2.24, 2.45) is 5.73 Å². The summed E-state index contributed by atoms with van der Waals surface area (Å²) in [6.45, 7) is 2.33. The van der Waals surface area contributed by atoms with E-state index in [9.17, 15) is 0 Å². The molecule has 0 fully saturated rings. The Hall–Kier alpha value is -1.72. The first-order valence-electron chi connectivity index (χ1n) is 5.46. The number of aromatic nitrogens is 3. The smallest absolute Gasteiger partial charge is 0.156 e. The lowest BCUT2D eigenvalue weighted by molar-refractivity contribution is 0.177. The van der Waals surface area contributed by atoms with E-state index < -0.39 is 0 Å². The second-order valence-corrected chi connectivity index (χ2v) is 3.84. The average molecular weight is 232 g/mol. The van der Waals surface area contributed by atoms with Crippen LogP contribution in [0.2, 0.25) is 0 Å². The molecule has 5 heteroatoms. The molecule has 1 unspecified atom stereocenters. The molecule has 0 saturated heterocycles. The fourth-order valence-corrected chi connectivity index (χ4v) is 1.77. The van der Waals surface area contributed by atoms with Crippen molar-refractivity contribution in [1.29, 1.82) is 0 Å². The van der Waals surface area contributed by atoms with Crippen LogP contribution >= 0.6 is 0 Å². The molecule has 1 aromatic carbocycles. The second kappa shape index (κ2) is 5.07. The van der Waals surface area contributed by atoms with Crippen LogP contribution in [-0.2, 0) is 4.74 Å². The highest BCUT2D eigenvalue weighted by molar-refractivity contribution is 5.34. The van der Waals surface area contributed by atoms with Crippen LogP contribution in [0, 0.1) is 6.92 Å². The number of benzene rings is 1. The number of nitrogens with zero attached hydrogens (tertiary/aromatic N) is 3. The van der Waals surface area contributed by atoms with Crippen LogP contribution in [0.5, 0.6) is 0 Å². The Bertz CT molecular complexity index is 481. The minimum Gasteiger partial charge on any atom is -0.383 e. The minimum absolute atomic E-state index is 0.276. The molecular formula is C12H16N4O. The van der Waals surface area contributed by atoms with Crippen LogP contribution in [-0.4, -0.2) is 28.5 Å². The highest BCUT2D eigenvalue weighted by atomic mass is 16.5. The summed E-state index contributed by atoms with van der Waals surface area (Å²) in [5.41, 5.74) is 7.02. The van der Waals surface area contributed by atoms with Gasteiger partial charge in [-0.25, -0.2) is 0 Å². The Balaban J connectivity index is 2.43. The molecule has 2 N–H and O–H groups in total. The fraction of sp³-hybridized carbons (Fsp3) is 0.333. The van der Waals surface area contributed by atoms with Crippen LogP contribution in [0.25, 0.3) is 5.69 Å². The molecule has 1 heterocycles. The zero-order valence-electron chi connectivity index (χ0n) is 10.00. The van der Waals surface area contributed by atoms with Gasteiger partial charge in [0.05, 0.1) is 12.6 Å². The largest absolute Gasteiger partial charge is 0.383 e. The van der Waals surface area contributed by atoms with Crippen LogP contribution < -0.4 is 5.73 Å². The summed E-state index contributed by atoms with van der Waals surface area (Å²) in [7, 11) is 1.62. The van der Waals surface area contributed by atoms with Gasteiger partial charge >= 0.3 is 0 Å². The molecule has 0 aliphatic heterocycles. The predicted molar refractivity (Wildman–Crippen MR) is 64.9 cm³/mol. The standard InChI is InChI=1S/C12H16N4O/c1-9-14-15-12(11(13)8-17-2)16(9)10-6-4-3-5-7-10/h3-7,11H,8,13H2,1-2H3. The fourth-order valence-electron chi connectivity index (χ4n) is 1.77. The summed E-state index contributed by atoms with van der Waals surface area (Å²) >= 11 is 0. The molecule has 17 heavy (non-hydrogen) atoms. The lowest BCUT2D eigenvalue weighted by atomic mass is 10.2. The number of nitrogens with two attached hydrogens (primary N) is 1. The molecule has 1 atom stereocenters. The third-order valence-electron chi connectivity index (χ3n) is 2.54. The van der Waals surface area contributed by atoms with Crippen LogP contribution in [0.3, 0.4) is 0 Å². The summed E-state index contributed by atoms with van der Waals surface area (Å²) in [6.07, 6.45) is 0. The molecule has 0 amide bonds. The summed E-state index contributed by atoms with van der Waals surface area (Å²) in [5.74, 6) is 1.54. The van der Waals surface area contributed by atoms with Gasteiger partial charge in [0.1, 0.15) is 5.82 Å². The van der Waals surface area contributed by atoms with Crippen molar-refractivity contribution in [3.05, 3.63) is 42.0 Å². The van der Waals surface area contributed by atoms with E-state index in [4.69, 9.17) is 10.5 Å². The third-order valence-corrected chi connectivity index (χ3v) is 2.54. The molecule has 2 rings (SSSR count). The van der Waals surface area contributed by atoms with E-state index in [-0.39, 0.29) is 6.04 Å². The quantitative estimate of drug-likeness (QED) is 0.860. The van der Waals surface area contributed by atoms with Gasteiger partial charge in [-0.15, -0.1) is 10.2 Å². The Labute approximate surface area is 100 Å². The van der Waals surface area contributed by atoms with Crippen molar-refractivity contribution in [2.45, 2.75) is 13.0 Å². The van der Waals surface area contributed by atoms with Crippen molar-refractivity contribution in [1.82, 2.24) is 14.8 Å². The van der Waals surface area contributed by atoms with Gasteiger partial charge in [0.2, 0.25) is 0 Å². The van der Waals surface area contributed by atoms with Gasteiger partial charge in [-0.2, -0.15) is 0 Å². The van der Waals surface area contributed by atoms with Gasteiger partial charge in [0, 0.05) is 12.8 Å². The van der Waals surface area contributed by atoms with Gasteiger partial charge in [0.15, 0.2) is 5.82 Å². The van der Waals surface area contributed by atoms with Crippen LogP contribution in [0.1, 0.15) is 17.7 Å². The lowest BCUT2D eigenvalue weighted by Crippen LogP contribution is -2.21. The summed E-state index contributed by atoms with van der Waals surface area (Å²) in [5, 5.41) is 8.19.